The van der Waals surface area contributed by atoms with Gasteiger partial charge in [0, 0.05) is 19.3 Å². The summed E-state index contributed by atoms with van der Waals surface area (Å²) in [5.74, 6) is 0.638. The molecule has 18 heavy (non-hydrogen) atoms. The molecule has 0 radical (unpaired) electrons. The van der Waals surface area contributed by atoms with Gasteiger partial charge in [-0.3, -0.25) is 0 Å². The molecule has 1 aliphatic carbocycles. The van der Waals surface area contributed by atoms with Crippen molar-refractivity contribution in [3.8, 4) is 0 Å². The first kappa shape index (κ1) is 12.0. The Bertz CT molecular complexity index is 572. The highest BCUT2D eigenvalue weighted by Crippen LogP contribution is 2.45. The normalized spacial score (nSPS) is 22.7. The van der Waals surface area contributed by atoms with Crippen molar-refractivity contribution < 1.29 is 8.42 Å². The fourth-order valence-electron chi connectivity index (χ4n) is 2.78. The molecule has 2 fully saturated rings. The lowest BCUT2D eigenvalue weighted by molar-refractivity contribution is 0.290. The zero-order valence-electron chi connectivity index (χ0n) is 10.5. The zero-order valence-corrected chi connectivity index (χ0v) is 11.3. The van der Waals surface area contributed by atoms with Crippen LogP contribution in [0.15, 0.2) is 29.2 Å². The number of sulfone groups is 1. The summed E-state index contributed by atoms with van der Waals surface area (Å²) >= 11 is 0. The average molecular weight is 266 g/mol. The van der Waals surface area contributed by atoms with Gasteiger partial charge in [-0.25, -0.2) is 8.42 Å². The molecule has 4 nitrogen and oxygen atoms in total. The number of anilines is 1. The number of nitrogens with two attached hydrogens (primary N) is 1. The predicted molar refractivity (Wildman–Crippen MR) is 71.4 cm³/mol. The Hall–Kier alpha value is -1.07. The predicted octanol–water partition coefficient (Wildman–Crippen LogP) is 1.02. The molecule has 1 aromatic rings. The SMILES string of the molecule is CS(=O)(=O)c1ccccc1N1CC(N)(C2CC2)C1. The Morgan fingerprint density at radius 3 is 2.44 bits per heavy atom. The van der Waals surface area contributed by atoms with E-state index in [0.29, 0.717) is 10.8 Å². The van der Waals surface area contributed by atoms with Crippen molar-refractivity contribution in [2.75, 3.05) is 24.2 Å². The van der Waals surface area contributed by atoms with Gasteiger partial charge in [-0.1, -0.05) is 12.1 Å². The third-order valence-electron chi connectivity index (χ3n) is 3.97. The van der Waals surface area contributed by atoms with Crippen LogP contribution in [0.3, 0.4) is 0 Å². The van der Waals surface area contributed by atoms with E-state index >= 15 is 0 Å². The van der Waals surface area contributed by atoms with Gasteiger partial charge in [-0.2, -0.15) is 0 Å². The molecule has 1 saturated heterocycles. The summed E-state index contributed by atoms with van der Waals surface area (Å²) in [7, 11) is -3.18. The van der Waals surface area contributed by atoms with E-state index in [0.717, 1.165) is 18.8 Å². The third-order valence-corrected chi connectivity index (χ3v) is 5.11. The highest BCUT2D eigenvalue weighted by molar-refractivity contribution is 7.90. The summed E-state index contributed by atoms with van der Waals surface area (Å²) in [4.78, 5) is 2.48. The molecule has 0 aromatic heterocycles. The van der Waals surface area contributed by atoms with Gasteiger partial charge in [0.25, 0.3) is 0 Å². The summed E-state index contributed by atoms with van der Waals surface area (Å²) in [5.41, 5.74) is 7.00. The summed E-state index contributed by atoms with van der Waals surface area (Å²) < 4.78 is 23.5. The minimum atomic E-state index is -3.18. The van der Waals surface area contributed by atoms with Crippen LogP contribution in [0.4, 0.5) is 5.69 Å². The number of nitrogens with zero attached hydrogens (tertiary/aromatic N) is 1. The first-order chi connectivity index (χ1) is 8.40. The molecule has 5 heteroatoms. The van der Waals surface area contributed by atoms with Crippen molar-refractivity contribution in [2.24, 2.45) is 11.7 Å². The van der Waals surface area contributed by atoms with Gasteiger partial charge in [0.05, 0.1) is 16.1 Å². The third kappa shape index (κ3) is 1.91. The molecule has 1 aliphatic heterocycles. The van der Waals surface area contributed by atoms with Gasteiger partial charge >= 0.3 is 0 Å². The highest BCUT2D eigenvalue weighted by Gasteiger charge is 2.50. The first-order valence-corrected chi connectivity index (χ1v) is 8.12. The number of benzene rings is 1. The largest absolute Gasteiger partial charge is 0.367 e. The topological polar surface area (TPSA) is 63.4 Å². The monoisotopic (exact) mass is 266 g/mol. The lowest BCUT2D eigenvalue weighted by Crippen LogP contribution is -2.69. The second kappa shape index (κ2) is 3.71. The van der Waals surface area contributed by atoms with Crippen molar-refractivity contribution in [3.05, 3.63) is 24.3 Å². The second-order valence-electron chi connectivity index (χ2n) is 5.60. The molecule has 0 bridgehead atoms. The van der Waals surface area contributed by atoms with E-state index in [2.05, 4.69) is 4.90 Å². The van der Waals surface area contributed by atoms with Gasteiger partial charge in [0.2, 0.25) is 0 Å². The minimum Gasteiger partial charge on any atom is -0.367 e. The van der Waals surface area contributed by atoms with Crippen molar-refractivity contribution in [2.45, 2.75) is 23.3 Å². The molecule has 2 N–H and O–H groups in total. The van der Waals surface area contributed by atoms with Crippen LogP contribution in [-0.2, 0) is 9.84 Å². The molecule has 2 aliphatic rings. The summed E-state index contributed by atoms with van der Waals surface area (Å²) in [6.45, 7) is 1.54. The van der Waals surface area contributed by atoms with Crippen LogP contribution in [0.5, 0.6) is 0 Å². The summed E-state index contributed by atoms with van der Waals surface area (Å²) in [6, 6.07) is 7.16. The van der Waals surface area contributed by atoms with E-state index in [1.54, 1.807) is 12.1 Å². The van der Waals surface area contributed by atoms with Crippen molar-refractivity contribution in [1.29, 1.82) is 0 Å². The first-order valence-electron chi connectivity index (χ1n) is 6.23. The molecule has 0 spiro atoms. The van der Waals surface area contributed by atoms with Crippen LogP contribution in [0, 0.1) is 5.92 Å². The Kier molecular flexibility index (Phi) is 2.47. The minimum absolute atomic E-state index is 0.0926. The quantitative estimate of drug-likeness (QED) is 0.887. The van der Waals surface area contributed by atoms with Gasteiger partial charge in [-0.15, -0.1) is 0 Å². The lowest BCUT2D eigenvalue weighted by Gasteiger charge is -2.50. The molecular weight excluding hydrogens is 248 g/mol. The maximum Gasteiger partial charge on any atom is 0.177 e. The number of hydrogen-bond donors (Lipinski definition) is 1. The van der Waals surface area contributed by atoms with E-state index < -0.39 is 9.84 Å². The van der Waals surface area contributed by atoms with Gasteiger partial charge in [-0.05, 0) is 30.9 Å². The van der Waals surface area contributed by atoms with Crippen LogP contribution in [-0.4, -0.2) is 33.3 Å². The van der Waals surface area contributed by atoms with E-state index in [4.69, 9.17) is 5.73 Å². The Labute approximate surface area is 108 Å². The second-order valence-corrected chi connectivity index (χ2v) is 7.59. The number of hydrogen-bond acceptors (Lipinski definition) is 4. The van der Waals surface area contributed by atoms with Gasteiger partial charge < -0.3 is 10.6 Å². The average Bonchev–Trinajstić information content (AvgIpc) is 3.07. The van der Waals surface area contributed by atoms with E-state index in [1.807, 2.05) is 12.1 Å². The summed E-state index contributed by atoms with van der Waals surface area (Å²) in [6.07, 6.45) is 3.69. The van der Waals surface area contributed by atoms with Crippen molar-refractivity contribution in [1.82, 2.24) is 0 Å². The molecular formula is C13H18N2O2S. The molecule has 1 heterocycles. The Morgan fingerprint density at radius 1 is 1.28 bits per heavy atom. The maximum absolute atomic E-state index is 11.7. The molecule has 98 valence electrons. The van der Waals surface area contributed by atoms with Crippen LogP contribution < -0.4 is 10.6 Å². The number of para-hydroxylation sites is 1. The van der Waals surface area contributed by atoms with Crippen molar-refractivity contribution in [3.63, 3.8) is 0 Å². The molecule has 3 rings (SSSR count). The standard InChI is InChI=1S/C13H18N2O2S/c1-18(16,17)12-5-3-2-4-11(12)15-8-13(14,9-15)10-6-7-10/h2-5,10H,6-9,14H2,1H3. The molecule has 0 amide bonds. The zero-order chi connectivity index (χ0) is 13.0. The fraction of sp³-hybridized carbons (Fsp3) is 0.538. The van der Waals surface area contributed by atoms with Gasteiger partial charge in [0.1, 0.15) is 0 Å². The molecule has 0 atom stereocenters. The highest BCUT2D eigenvalue weighted by atomic mass is 32.2. The lowest BCUT2D eigenvalue weighted by atomic mass is 9.85. The van der Waals surface area contributed by atoms with Crippen LogP contribution in [0.2, 0.25) is 0 Å². The fourth-order valence-corrected chi connectivity index (χ4v) is 3.69. The number of rotatable bonds is 3. The molecule has 1 saturated carbocycles. The Morgan fingerprint density at radius 2 is 1.89 bits per heavy atom. The van der Waals surface area contributed by atoms with E-state index in [1.165, 1.54) is 19.1 Å². The molecule has 0 unspecified atom stereocenters. The Balaban J connectivity index is 1.86. The van der Waals surface area contributed by atoms with Crippen LogP contribution in [0.25, 0.3) is 0 Å². The van der Waals surface area contributed by atoms with Gasteiger partial charge in [0.15, 0.2) is 9.84 Å². The van der Waals surface area contributed by atoms with Crippen LogP contribution >= 0.6 is 0 Å². The van der Waals surface area contributed by atoms with Crippen LogP contribution in [0.1, 0.15) is 12.8 Å². The summed E-state index contributed by atoms with van der Waals surface area (Å²) in [5, 5.41) is 0. The van der Waals surface area contributed by atoms with E-state index in [9.17, 15) is 8.42 Å². The molecule has 1 aromatic carbocycles. The van der Waals surface area contributed by atoms with Crippen molar-refractivity contribution >= 4 is 15.5 Å². The maximum atomic E-state index is 11.7. The van der Waals surface area contributed by atoms with E-state index in [-0.39, 0.29) is 5.54 Å². The smallest absolute Gasteiger partial charge is 0.177 e.